The van der Waals surface area contributed by atoms with Crippen molar-refractivity contribution < 1.29 is 9.59 Å². The maximum absolute atomic E-state index is 11.4. The van der Waals surface area contributed by atoms with Crippen LogP contribution in [-0.4, -0.2) is 30.9 Å². The van der Waals surface area contributed by atoms with E-state index in [0.717, 1.165) is 18.8 Å². The molecule has 0 bridgehead atoms. The molecule has 0 spiro atoms. The van der Waals surface area contributed by atoms with Crippen LogP contribution in [0.25, 0.3) is 0 Å². The SMILES string of the molecule is O=C1CC(Nc2ccc(C3CCNCC3)cc2)CC(=O)N1. The van der Waals surface area contributed by atoms with Crippen molar-refractivity contribution in [1.82, 2.24) is 10.6 Å². The van der Waals surface area contributed by atoms with E-state index in [2.05, 4.69) is 28.1 Å². The van der Waals surface area contributed by atoms with Crippen LogP contribution in [0.3, 0.4) is 0 Å². The lowest BCUT2D eigenvalue weighted by atomic mass is 9.90. The summed E-state index contributed by atoms with van der Waals surface area (Å²) in [5, 5.41) is 8.98. The molecule has 3 N–H and O–H groups in total. The quantitative estimate of drug-likeness (QED) is 0.734. The first kappa shape index (κ1) is 14.1. The average Bonchev–Trinajstić information content (AvgIpc) is 2.48. The second-order valence-electron chi connectivity index (χ2n) is 5.87. The standard InChI is InChI=1S/C16H21N3O2/c20-15-9-14(10-16(21)19-15)18-13-3-1-11(2-4-13)12-5-7-17-8-6-12/h1-4,12,14,17-18H,5-10H2,(H,19,20,21). The molecule has 1 aromatic carbocycles. The highest BCUT2D eigenvalue weighted by atomic mass is 16.2. The smallest absolute Gasteiger partial charge is 0.228 e. The van der Waals surface area contributed by atoms with Crippen molar-refractivity contribution >= 4 is 17.5 Å². The van der Waals surface area contributed by atoms with Crippen molar-refractivity contribution in [3.8, 4) is 0 Å². The number of carbonyl (C=O) groups is 2. The van der Waals surface area contributed by atoms with Crippen molar-refractivity contribution in [2.45, 2.75) is 37.6 Å². The monoisotopic (exact) mass is 287 g/mol. The van der Waals surface area contributed by atoms with Gasteiger partial charge >= 0.3 is 0 Å². The normalized spacial score (nSPS) is 21.1. The van der Waals surface area contributed by atoms with Gasteiger partial charge in [0.05, 0.1) is 0 Å². The Kier molecular flexibility index (Phi) is 4.20. The number of carbonyl (C=O) groups excluding carboxylic acids is 2. The van der Waals surface area contributed by atoms with Gasteiger partial charge in [-0.25, -0.2) is 0 Å². The highest BCUT2D eigenvalue weighted by molar-refractivity contribution is 5.98. The second-order valence-corrected chi connectivity index (χ2v) is 5.87. The highest BCUT2D eigenvalue weighted by Crippen LogP contribution is 2.26. The fraction of sp³-hybridized carbons (Fsp3) is 0.500. The van der Waals surface area contributed by atoms with Crippen molar-refractivity contribution in [2.24, 2.45) is 0 Å². The number of anilines is 1. The molecule has 2 saturated heterocycles. The zero-order valence-corrected chi connectivity index (χ0v) is 12.0. The molecule has 2 amide bonds. The van der Waals surface area contributed by atoms with Gasteiger partial charge in [0.2, 0.25) is 11.8 Å². The maximum atomic E-state index is 11.4. The Morgan fingerprint density at radius 2 is 1.57 bits per heavy atom. The summed E-state index contributed by atoms with van der Waals surface area (Å²) in [5.74, 6) is 0.243. The Bertz CT molecular complexity index is 505. The van der Waals surface area contributed by atoms with E-state index in [1.165, 1.54) is 18.4 Å². The van der Waals surface area contributed by atoms with Gasteiger partial charge < -0.3 is 10.6 Å². The van der Waals surface area contributed by atoms with E-state index in [1.807, 2.05) is 12.1 Å². The molecular formula is C16H21N3O2. The number of hydrogen-bond donors (Lipinski definition) is 3. The summed E-state index contributed by atoms with van der Waals surface area (Å²) in [5.41, 5.74) is 2.35. The Morgan fingerprint density at radius 1 is 0.952 bits per heavy atom. The number of nitrogens with one attached hydrogen (secondary N) is 3. The molecule has 0 radical (unpaired) electrons. The van der Waals surface area contributed by atoms with Gasteiger partial charge in [-0.1, -0.05) is 12.1 Å². The first-order valence-electron chi connectivity index (χ1n) is 7.60. The third kappa shape index (κ3) is 3.61. The zero-order valence-electron chi connectivity index (χ0n) is 12.0. The van der Waals surface area contributed by atoms with Crippen molar-refractivity contribution in [2.75, 3.05) is 18.4 Å². The van der Waals surface area contributed by atoms with E-state index in [1.54, 1.807) is 0 Å². The Hall–Kier alpha value is -1.88. The molecular weight excluding hydrogens is 266 g/mol. The number of amides is 2. The van der Waals surface area contributed by atoms with E-state index in [9.17, 15) is 9.59 Å². The number of benzene rings is 1. The van der Waals surface area contributed by atoms with Crippen LogP contribution < -0.4 is 16.0 Å². The van der Waals surface area contributed by atoms with Crippen molar-refractivity contribution in [3.05, 3.63) is 29.8 Å². The molecule has 3 rings (SSSR count). The van der Waals surface area contributed by atoms with E-state index < -0.39 is 0 Å². The third-order valence-electron chi connectivity index (χ3n) is 4.23. The number of imide groups is 1. The van der Waals surface area contributed by atoms with Gasteiger partial charge in [-0.05, 0) is 49.5 Å². The fourth-order valence-corrected chi connectivity index (χ4v) is 3.12. The summed E-state index contributed by atoms with van der Waals surface area (Å²) in [7, 11) is 0. The Morgan fingerprint density at radius 3 is 2.19 bits per heavy atom. The minimum Gasteiger partial charge on any atom is -0.381 e. The maximum Gasteiger partial charge on any atom is 0.228 e. The molecule has 21 heavy (non-hydrogen) atoms. The van der Waals surface area contributed by atoms with Crippen LogP contribution in [0.15, 0.2) is 24.3 Å². The molecule has 0 saturated carbocycles. The van der Waals surface area contributed by atoms with E-state index in [4.69, 9.17) is 0 Å². The Labute approximate surface area is 124 Å². The van der Waals surface area contributed by atoms with Crippen LogP contribution in [0.1, 0.15) is 37.2 Å². The second kappa shape index (κ2) is 6.26. The molecule has 5 nitrogen and oxygen atoms in total. The van der Waals surface area contributed by atoms with Crippen molar-refractivity contribution in [3.63, 3.8) is 0 Å². The summed E-state index contributed by atoms with van der Waals surface area (Å²) in [6.07, 6.45) is 3.07. The van der Waals surface area contributed by atoms with E-state index in [-0.39, 0.29) is 17.9 Å². The molecule has 2 fully saturated rings. The molecule has 1 aromatic rings. The minimum absolute atomic E-state index is 0.101. The van der Waals surface area contributed by atoms with Gasteiger partial charge in [-0.3, -0.25) is 14.9 Å². The molecule has 0 aliphatic carbocycles. The summed E-state index contributed by atoms with van der Waals surface area (Å²) < 4.78 is 0. The topological polar surface area (TPSA) is 70.2 Å². The van der Waals surface area contributed by atoms with Gasteiger partial charge in [0, 0.05) is 24.6 Å². The summed E-state index contributed by atoms with van der Waals surface area (Å²) in [4.78, 5) is 22.7. The summed E-state index contributed by atoms with van der Waals surface area (Å²) in [6.45, 7) is 2.17. The lowest BCUT2D eigenvalue weighted by molar-refractivity contribution is -0.133. The summed E-state index contributed by atoms with van der Waals surface area (Å²) in [6, 6.07) is 8.31. The van der Waals surface area contributed by atoms with Crippen LogP contribution in [0, 0.1) is 0 Å². The van der Waals surface area contributed by atoms with E-state index >= 15 is 0 Å². The van der Waals surface area contributed by atoms with Crippen LogP contribution in [-0.2, 0) is 9.59 Å². The predicted molar refractivity (Wildman–Crippen MR) is 81.1 cm³/mol. The number of rotatable bonds is 3. The largest absolute Gasteiger partial charge is 0.381 e. The van der Waals surface area contributed by atoms with Gasteiger partial charge in [-0.15, -0.1) is 0 Å². The molecule has 2 aliphatic heterocycles. The van der Waals surface area contributed by atoms with Gasteiger partial charge in [-0.2, -0.15) is 0 Å². The molecule has 0 atom stereocenters. The number of hydrogen-bond acceptors (Lipinski definition) is 4. The third-order valence-corrected chi connectivity index (χ3v) is 4.23. The van der Waals surface area contributed by atoms with Crippen LogP contribution in [0.4, 0.5) is 5.69 Å². The summed E-state index contributed by atoms with van der Waals surface area (Å²) >= 11 is 0. The van der Waals surface area contributed by atoms with Crippen LogP contribution in [0.5, 0.6) is 0 Å². The molecule has 5 heteroatoms. The molecule has 0 unspecified atom stereocenters. The minimum atomic E-state index is -0.199. The van der Waals surface area contributed by atoms with Crippen LogP contribution >= 0.6 is 0 Å². The molecule has 112 valence electrons. The molecule has 2 aliphatic rings. The van der Waals surface area contributed by atoms with Gasteiger partial charge in [0.1, 0.15) is 0 Å². The average molecular weight is 287 g/mol. The molecule has 0 aromatic heterocycles. The van der Waals surface area contributed by atoms with Crippen molar-refractivity contribution in [1.29, 1.82) is 0 Å². The lowest BCUT2D eigenvalue weighted by Gasteiger charge is -2.25. The fourth-order valence-electron chi connectivity index (χ4n) is 3.12. The lowest BCUT2D eigenvalue weighted by Crippen LogP contribution is -2.43. The first-order valence-corrected chi connectivity index (χ1v) is 7.60. The first-order chi connectivity index (χ1) is 10.2. The van der Waals surface area contributed by atoms with Gasteiger partial charge in [0.25, 0.3) is 0 Å². The molecule has 2 heterocycles. The van der Waals surface area contributed by atoms with Gasteiger partial charge in [0.15, 0.2) is 0 Å². The Balaban J connectivity index is 1.61. The highest BCUT2D eigenvalue weighted by Gasteiger charge is 2.24. The predicted octanol–water partition coefficient (Wildman–Crippen LogP) is 1.37. The number of piperidine rings is 2. The van der Waals surface area contributed by atoms with Crippen LogP contribution in [0.2, 0.25) is 0 Å². The van der Waals surface area contributed by atoms with E-state index in [0.29, 0.717) is 18.8 Å². The zero-order chi connectivity index (χ0) is 14.7.